The van der Waals surface area contributed by atoms with Crippen molar-refractivity contribution in [2.24, 2.45) is 11.3 Å². The normalized spacial score (nSPS) is 19.8. The van der Waals surface area contributed by atoms with Gasteiger partial charge in [0.15, 0.2) is 5.78 Å². The minimum absolute atomic E-state index is 0.170. The number of rotatable bonds is 0. The molecule has 1 unspecified atom stereocenters. The number of aromatic nitrogens is 1. The van der Waals surface area contributed by atoms with E-state index in [2.05, 4.69) is 47.8 Å². The maximum absolute atomic E-state index is 12.4. The van der Waals surface area contributed by atoms with E-state index in [-0.39, 0.29) is 11.2 Å². The molecule has 0 saturated heterocycles. The third-order valence-electron chi connectivity index (χ3n) is 4.25. The summed E-state index contributed by atoms with van der Waals surface area (Å²) >= 11 is 3.52. The van der Waals surface area contributed by atoms with Gasteiger partial charge < -0.3 is 4.98 Å². The zero-order valence-corrected chi connectivity index (χ0v) is 13.1. The number of ketones is 1. The Balaban J connectivity index is 2.17. The highest BCUT2D eigenvalue weighted by Gasteiger charge is 2.34. The predicted molar refractivity (Wildman–Crippen MR) is 81.6 cm³/mol. The lowest BCUT2D eigenvalue weighted by Gasteiger charge is -2.33. The SMILES string of the molecule is CC(C)(C)C1CC(=O)c2[nH]c3ccc(Br)cc3c2C1. The van der Waals surface area contributed by atoms with Crippen LogP contribution in [0.3, 0.4) is 0 Å². The van der Waals surface area contributed by atoms with Gasteiger partial charge in [-0.1, -0.05) is 36.7 Å². The molecule has 1 aliphatic rings. The van der Waals surface area contributed by atoms with Crippen LogP contribution in [0.2, 0.25) is 0 Å². The monoisotopic (exact) mass is 319 g/mol. The van der Waals surface area contributed by atoms with Crippen molar-refractivity contribution in [3.05, 3.63) is 33.9 Å². The molecule has 0 amide bonds. The molecule has 1 N–H and O–H groups in total. The summed E-state index contributed by atoms with van der Waals surface area (Å²) in [6, 6.07) is 6.16. The summed E-state index contributed by atoms with van der Waals surface area (Å²) in [5.41, 5.74) is 3.26. The number of H-pyrrole nitrogens is 1. The predicted octanol–water partition coefficient (Wildman–Crippen LogP) is 4.72. The van der Waals surface area contributed by atoms with Crippen molar-refractivity contribution in [2.45, 2.75) is 33.6 Å². The standard InChI is InChI=1S/C16H18BrNO/c1-16(2,3)9-6-12-11-8-10(17)4-5-13(11)18-15(12)14(19)7-9/h4-5,8-9,18H,6-7H2,1-3H3. The van der Waals surface area contributed by atoms with Gasteiger partial charge in [0.1, 0.15) is 0 Å². The fourth-order valence-corrected chi connectivity index (χ4v) is 3.29. The first kappa shape index (κ1) is 12.9. The largest absolute Gasteiger partial charge is 0.352 e. The summed E-state index contributed by atoms with van der Waals surface area (Å²) < 4.78 is 1.06. The first-order valence-electron chi connectivity index (χ1n) is 6.69. The highest BCUT2D eigenvalue weighted by molar-refractivity contribution is 9.10. The molecule has 0 fully saturated rings. The van der Waals surface area contributed by atoms with E-state index in [1.54, 1.807) is 0 Å². The van der Waals surface area contributed by atoms with Crippen LogP contribution < -0.4 is 0 Å². The second kappa shape index (κ2) is 4.20. The van der Waals surface area contributed by atoms with Gasteiger partial charge in [0.05, 0.1) is 5.69 Å². The third kappa shape index (κ3) is 2.14. The molecule has 1 atom stereocenters. The van der Waals surface area contributed by atoms with E-state index >= 15 is 0 Å². The first-order valence-corrected chi connectivity index (χ1v) is 7.49. The number of Topliss-reactive ketones (excluding diaryl/α,β-unsaturated/α-hetero) is 1. The molecule has 0 aliphatic heterocycles. The van der Waals surface area contributed by atoms with Crippen LogP contribution in [0.25, 0.3) is 10.9 Å². The number of halogens is 1. The fourth-order valence-electron chi connectivity index (χ4n) is 2.93. The summed E-state index contributed by atoms with van der Waals surface area (Å²) in [4.78, 5) is 15.6. The third-order valence-corrected chi connectivity index (χ3v) is 4.75. The number of fused-ring (bicyclic) bond motifs is 3. The average molecular weight is 320 g/mol. The van der Waals surface area contributed by atoms with E-state index in [1.807, 2.05) is 12.1 Å². The molecule has 3 rings (SSSR count). The summed E-state index contributed by atoms with van der Waals surface area (Å²) in [5, 5.41) is 1.19. The van der Waals surface area contributed by atoms with Crippen LogP contribution in [0.5, 0.6) is 0 Å². The Morgan fingerprint density at radius 2 is 2.00 bits per heavy atom. The minimum atomic E-state index is 0.170. The van der Waals surface area contributed by atoms with Gasteiger partial charge in [-0.15, -0.1) is 0 Å². The first-order chi connectivity index (χ1) is 8.86. The van der Waals surface area contributed by atoms with Gasteiger partial charge in [0, 0.05) is 21.8 Å². The molecular weight excluding hydrogens is 302 g/mol. The highest BCUT2D eigenvalue weighted by Crippen LogP contribution is 2.40. The molecule has 2 aromatic rings. The number of hydrogen-bond donors (Lipinski definition) is 1. The van der Waals surface area contributed by atoms with Gasteiger partial charge in [-0.05, 0) is 41.5 Å². The Kier molecular flexibility index (Phi) is 2.86. The number of hydrogen-bond acceptors (Lipinski definition) is 1. The van der Waals surface area contributed by atoms with Gasteiger partial charge in [-0.3, -0.25) is 4.79 Å². The maximum Gasteiger partial charge on any atom is 0.179 e. The molecule has 2 nitrogen and oxygen atoms in total. The smallest absolute Gasteiger partial charge is 0.179 e. The molecule has 0 bridgehead atoms. The van der Waals surface area contributed by atoms with Crippen LogP contribution in [-0.4, -0.2) is 10.8 Å². The van der Waals surface area contributed by atoms with Crippen LogP contribution in [0, 0.1) is 11.3 Å². The van der Waals surface area contributed by atoms with Crippen LogP contribution >= 0.6 is 15.9 Å². The van der Waals surface area contributed by atoms with Crippen LogP contribution in [0.4, 0.5) is 0 Å². The Hall–Kier alpha value is -1.09. The molecule has 1 aromatic heterocycles. The Morgan fingerprint density at radius 3 is 2.68 bits per heavy atom. The molecule has 1 heterocycles. The van der Waals surface area contributed by atoms with E-state index in [0.29, 0.717) is 12.3 Å². The second-order valence-electron chi connectivity index (χ2n) is 6.56. The lowest BCUT2D eigenvalue weighted by atomic mass is 9.71. The number of aromatic amines is 1. The number of carbonyl (C=O) groups is 1. The van der Waals surface area contributed by atoms with Crippen LogP contribution in [-0.2, 0) is 6.42 Å². The van der Waals surface area contributed by atoms with Gasteiger partial charge in [0.2, 0.25) is 0 Å². The quantitative estimate of drug-likeness (QED) is 0.748. The van der Waals surface area contributed by atoms with Crippen LogP contribution in [0.15, 0.2) is 22.7 Å². The number of benzene rings is 1. The van der Waals surface area contributed by atoms with E-state index < -0.39 is 0 Å². The van der Waals surface area contributed by atoms with Crippen molar-refractivity contribution in [1.29, 1.82) is 0 Å². The molecular formula is C16H18BrNO. The lowest BCUT2D eigenvalue weighted by molar-refractivity contribution is 0.0890. The van der Waals surface area contributed by atoms with E-state index in [4.69, 9.17) is 0 Å². The number of carbonyl (C=O) groups excluding carboxylic acids is 1. The van der Waals surface area contributed by atoms with Gasteiger partial charge in [0.25, 0.3) is 0 Å². The average Bonchev–Trinajstić information content (AvgIpc) is 2.67. The van der Waals surface area contributed by atoms with Crippen molar-refractivity contribution in [3.8, 4) is 0 Å². The Bertz CT molecular complexity index is 663. The van der Waals surface area contributed by atoms with E-state index in [1.165, 1.54) is 10.9 Å². The van der Waals surface area contributed by atoms with Crippen molar-refractivity contribution in [3.63, 3.8) is 0 Å². The zero-order valence-electron chi connectivity index (χ0n) is 11.5. The molecule has 0 saturated carbocycles. The summed E-state index contributed by atoms with van der Waals surface area (Å²) in [5.74, 6) is 0.680. The van der Waals surface area contributed by atoms with Gasteiger partial charge in [-0.25, -0.2) is 0 Å². The molecule has 0 radical (unpaired) electrons. The summed E-state index contributed by atoms with van der Waals surface area (Å²) in [6.45, 7) is 6.67. The second-order valence-corrected chi connectivity index (χ2v) is 7.48. The molecule has 3 heteroatoms. The Morgan fingerprint density at radius 1 is 1.26 bits per heavy atom. The molecule has 19 heavy (non-hydrogen) atoms. The fraction of sp³-hybridized carbons (Fsp3) is 0.438. The van der Waals surface area contributed by atoms with Crippen molar-refractivity contribution in [1.82, 2.24) is 4.98 Å². The van der Waals surface area contributed by atoms with Crippen molar-refractivity contribution >= 4 is 32.6 Å². The Labute approximate surface area is 121 Å². The van der Waals surface area contributed by atoms with Gasteiger partial charge in [-0.2, -0.15) is 0 Å². The number of nitrogens with one attached hydrogen (secondary N) is 1. The van der Waals surface area contributed by atoms with Crippen molar-refractivity contribution < 1.29 is 4.79 Å². The molecule has 1 aromatic carbocycles. The molecule has 1 aliphatic carbocycles. The highest BCUT2D eigenvalue weighted by atomic mass is 79.9. The molecule has 0 spiro atoms. The lowest BCUT2D eigenvalue weighted by Crippen LogP contribution is -2.29. The molecule has 100 valence electrons. The summed E-state index contributed by atoms with van der Waals surface area (Å²) in [7, 11) is 0. The minimum Gasteiger partial charge on any atom is -0.352 e. The van der Waals surface area contributed by atoms with E-state index in [0.717, 1.165) is 22.1 Å². The van der Waals surface area contributed by atoms with Crippen molar-refractivity contribution in [2.75, 3.05) is 0 Å². The van der Waals surface area contributed by atoms with E-state index in [9.17, 15) is 4.79 Å². The zero-order chi connectivity index (χ0) is 13.8. The summed E-state index contributed by atoms with van der Waals surface area (Å²) in [6.07, 6.45) is 1.64. The topological polar surface area (TPSA) is 32.9 Å². The van der Waals surface area contributed by atoms with Gasteiger partial charge >= 0.3 is 0 Å². The van der Waals surface area contributed by atoms with Crippen LogP contribution in [0.1, 0.15) is 43.2 Å². The maximum atomic E-state index is 12.4.